The molecule has 0 aromatic heterocycles. The summed E-state index contributed by atoms with van der Waals surface area (Å²) >= 11 is 12.6. The van der Waals surface area contributed by atoms with Crippen molar-refractivity contribution >= 4 is 40.8 Å². The molecule has 2 aromatic rings. The quantitative estimate of drug-likeness (QED) is 0.621. The van der Waals surface area contributed by atoms with E-state index in [9.17, 15) is 14.7 Å². The summed E-state index contributed by atoms with van der Waals surface area (Å²) in [5.74, 6) is -1.11. The maximum absolute atomic E-state index is 13.1. The Bertz CT molecular complexity index is 876. The third-order valence-electron chi connectivity index (χ3n) is 4.74. The van der Waals surface area contributed by atoms with E-state index in [2.05, 4.69) is 10.6 Å². The SMILES string of the molecule is CNCN(C(=O)Cc1ccccc1)C1CC(C(=O)O)Nc2cc(Cl)cc(Cl)c21. The fourth-order valence-corrected chi connectivity index (χ4v) is 4.11. The van der Waals surface area contributed by atoms with E-state index in [0.717, 1.165) is 5.56 Å². The predicted molar refractivity (Wildman–Crippen MR) is 110 cm³/mol. The Kier molecular flexibility index (Phi) is 6.44. The third-order valence-corrected chi connectivity index (χ3v) is 5.27. The summed E-state index contributed by atoms with van der Waals surface area (Å²) in [4.78, 5) is 26.4. The van der Waals surface area contributed by atoms with E-state index in [1.54, 1.807) is 24.1 Å². The molecule has 8 heteroatoms. The van der Waals surface area contributed by atoms with Gasteiger partial charge in [-0.15, -0.1) is 0 Å². The average molecular weight is 422 g/mol. The highest BCUT2D eigenvalue weighted by molar-refractivity contribution is 6.35. The van der Waals surface area contributed by atoms with Crippen LogP contribution >= 0.6 is 23.2 Å². The minimum Gasteiger partial charge on any atom is -0.480 e. The lowest BCUT2D eigenvalue weighted by Crippen LogP contribution is -2.46. The van der Waals surface area contributed by atoms with Crippen LogP contribution < -0.4 is 10.6 Å². The molecule has 1 aliphatic heterocycles. The van der Waals surface area contributed by atoms with Crippen molar-refractivity contribution in [1.82, 2.24) is 10.2 Å². The van der Waals surface area contributed by atoms with Gasteiger partial charge in [0.15, 0.2) is 0 Å². The zero-order valence-electron chi connectivity index (χ0n) is 15.3. The highest BCUT2D eigenvalue weighted by atomic mass is 35.5. The van der Waals surface area contributed by atoms with Gasteiger partial charge >= 0.3 is 5.97 Å². The monoisotopic (exact) mass is 421 g/mol. The summed E-state index contributed by atoms with van der Waals surface area (Å²) in [6.45, 7) is 0.265. The predicted octanol–water partition coefficient (Wildman–Crippen LogP) is 3.55. The van der Waals surface area contributed by atoms with Crippen molar-refractivity contribution in [2.24, 2.45) is 0 Å². The molecule has 0 aliphatic carbocycles. The fraction of sp³-hybridized carbons (Fsp3) is 0.300. The Morgan fingerprint density at radius 2 is 1.96 bits per heavy atom. The number of nitrogens with zero attached hydrogens (tertiary/aromatic N) is 1. The zero-order chi connectivity index (χ0) is 20.3. The molecule has 3 rings (SSSR count). The van der Waals surface area contributed by atoms with Crippen molar-refractivity contribution in [2.75, 3.05) is 19.0 Å². The smallest absolute Gasteiger partial charge is 0.326 e. The largest absolute Gasteiger partial charge is 0.480 e. The number of fused-ring (bicyclic) bond motifs is 1. The summed E-state index contributed by atoms with van der Waals surface area (Å²) in [6.07, 6.45) is 0.413. The Morgan fingerprint density at radius 3 is 2.61 bits per heavy atom. The van der Waals surface area contributed by atoms with E-state index in [4.69, 9.17) is 23.2 Å². The first-order chi connectivity index (χ1) is 13.4. The topological polar surface area (TPSA) is 81.7 Å². The minimum atomic E-state index is -0.994. The van der Waals surface area contributed by atoms with Gasteiger partial charge in [-0.1, -0.05) is 53.5 Å². The lowest BCUT2D eigenvalue weighted by atomic mass is 9.91. The number of benzene rings is 2. The molecule has 0 spiro atoms. The molecule has 148 valence electrons. The number of hydrogen-bond donors (Lipinski definition) is 3. The Balaban J connectivity index is 1.99. The van der Waals surface area contributed by atoms with Crippen LogP contribution in [0.4, 0.5) is 5.69 Å². The molecule has 0 saturated heterocycles. The van der Waals surface area contributed by atoms with Gasteiger partial charge in [0.1, 0.15) is 6.04 Å². The van der Waals surface area contributed by atoms with Crippen molar-refractivity contribution in [1.29, 1.82) is 0 Å². The summed E-state index contributed by atoms with van der Waals surface area (Å²) in [7, 11) is 1.74. The van der Waals surface area contributed by atoms with E-state index in [1.165, 1.54) is 0 Å². The van der Waals surface area contributed by atoms with Gasteiger partial charge in [0, 0.05) is 27.7 Å². The lowest BCUT2D eigenvalue weighted by molar-refractivity contribution is -0.140. The molecule has 1 heterocycles. The maximum atomic E-state index is 13.1. The molecule has 0 saturated carbocycles. The maximum Gasteiger partial charge on any atom is 0.326 e. The molecule has 2 atom stereocenters. The molecule has 1 amide bonds. The van der Waals surface area contributed by atoms with E-state index < -0.39 is 18.1 Å². The van der Waals surface area contributed by atoms with Gasteiger partial charge < -0.3 is 20.6 Å². The molecule has 1 aliphatic rings. The van der Waals surface area contributed by atoms with E-state index >= 15 is 0 Å². The summed E-state index contributed by atoms with van der Waals surface area (Å²) < 4.78 is 0. The second-order valence-electron chi connectivity index (χ2n) is 6.67. The van der Waals surface area contributed by atoms with Crippen LogP contribution in [-0.2, 0) is 16.0 Å². The number of aliphatic carboxylic acids is 1. The van der Waals surface area contributed by atoms with Crippen LogP contribution in [0.2, 0.25) is 10.0 Å². The van der Waals surface area contributed by atoms with Crippen molar-refractivity contribution in [3.63, 3.8) is 0 Å². The molecule has 6 nitrogen and oxygen atoms in total. The van der Waals surface area contributed by atoms with Crippen molar-refractivity contribution < 1.29 is 14.7 Å². The first-order valence-electron chi connectivity index (χ1n) is 8.87. The fourth-order valence-electron chi connectivity index (χ4n) is 3.49. The van der Waals surface area contributed by atoms with Gasteiger partial charge in [-0.3, -0.25) is 4.79 Å². The first kappa shape index (κ1) is 20.5. The van der Waals surface area contributed by atoms with Gasteiger partial charge in [-0.2, -0.15) is 0 Å². The Morgan fingerprint density at radius 1 is 1.25 bits per heavy atom. The molecule has 0 fully saturated rings. The van der Waals surface area contributed by atoms with E-state index in [1.807, 2.05) is 30.3 Å². The van der Waals surface area contributed by atoms with E-state index in [0.29, 0.717) is 21.3 Å². The minimum absolute atomic E-state index is 0.117. The van der Waals surface area contributed by atoms with Crippen LogP contribution in [0.3, 0.4) is 0 Å². The van der Waals surface area contributed by atoms with Crippen LogP contribution in [0.1, 0.15) is 23.6 Å². The Hall–Kier alpha value is -2.28. The molecular weight excluding hydrogens is 401 g/mol. The number of carboxylic acids is 1. The molecule has 3 N–H and O–H groups in total. The van der Waals surface area contributed by atoms with Crippen molar-refractivity contribution in [3.8, 4) is 0 Å². The summed E-state index contributed by atoms with van der Waals surface area (Å²) in [6, 6.07) is 11.3. The van der Waals surface area contributed by atoms with Crippen LogP contribution in [0.5, 0.6) is 0 Å². The van der Waals surface area contributed by atoms with Crippen LogP contribution in [0.25, 0.3) is 0 Å². The van der Waals surface area contributed by atoms with Crippen molar-refractivity contribution in [3.05, 3.63) is 63.6 Å². The normalized spacial score (nSPS) is 18.1. The summed E-state index contributed by atoms with van der Waals surface area (Å²) in [5, 5.41) is 16.3. The summed E-state index contributed by atoms with van der Waals surface area (Å²) in [5.41, 5.74) is 2.11. The average Bonchev–Trinajstić information content (AvgIpc) is 2.65. The number of nitrogens with one attached hydrogen (secondary N) is 2. The molecule has 2 aromatic carbocycles. The van der Waals surface area contributed by atoms with E-state index in [-0.39, 0.29) is 25.4 Å². The second-order valence-corrected chi connectivity index (χ2v) is 7.52. The van der Waals surface area contributed by atoms with Gasteiger partial charge in [0.25, 0.3) is 0 Å². The number of halogens is 2. The number of anilines is 1. The van der Waals surface area contributed by atoms with Crippen LogP contribution in [-0.4, -0.2) is 41.6 Å². The molecule has 0 radical (unpaired) electrons. The van der Waals surface area contributed by atoms with Gasteiger partial charge in [0.05, 0.1) is 19.1 Å². The molecule has 28 heavy (non-hydrogen) atoms. The Labute approximate surface area is 173 Å². The second kappa shape index (κ2) is 8.82. The number of hydrogen-bond acceptors (Lipinski definition) is 4. The number of rotatable bonds is 6. The van der Waals surface area contributed by atoms with Gasteiger partial charge in [0.2, 0.25) is 5.91 Å². The highest BCUT2D eigenvalue weighted by Crippen LogP contribution is 2.42. The zero-order valence-corrected chi connectivity index (χ0v) is 16.8. The standard InChI is InChI=1S/C20H21Cl2N3O3/c1-23-11-25(18(26)7-12-5-3-2-4-6-12)17-10-16(20(27)28)24-15-9-13(21)8-14(22)19(15)17/h2-6,8-9,16-17,23-24H,7,10-11H2,1H3,(H,27,28). The van der Waals surface area contributed by atoms with Crippen LogP contribution in [0.15, 0.2) is 42.5 Å². The lowest BCUT2D eigenvalue weighted by Gasteiger charge is -2.39. The van der Waals surface area contributed by atoms with Gasteiger partial charge in [-0.05, 0) is 24.7 Å². The molecule has 2 unspecified atom stereocenters. The first-order valence-corrected chi connectivity index (χ1v) is 9.62. The van der Waals surface area contributed by atoms with Crippen molar-refractivity contribution in [2.45, 2.75) is 24.9 Å². The number of amides is 1. The molecule has 0 bridgehead atoms. The van der Waals surface area contributed by atoms with Crippen LogP contribution in [0, 0.1) is 0 Å². The molecular formula is C20H21Cl2N3O3. The van der Waals surface area contributed by atoms with Gasteiger partial charge in [-0.25, -0.2) is 4.79 Å². The highest BCUT2D eigenvalue weighted by Gasteiger charge is 2.37. The number of carbonyl (C=O) groups excluding carboxylic acids is 1. The third kappa shape index (κ3) is 4.41. The number of carbonyl (C=O) groups is 2. The number of carboxylic acid groups (broad SMARTS) is 1.